The van der Waals surface area contributed by atoms with Crippen LogP contribution in [-0.4, -0.2) is 38.5 Å². The summed E-state index contributed by atoms with van der Waals surface area (Å²) in [6, 6.07) is 12.3. The molecule has 25 heavy (non-hydrogen) atoms. The Morgan fingerprint density at radius 3 is 2.16 bits per heavy atom. The first-order chi connectivity index (χ1) is 11.7. The average molecular weight is 379 g/mol. The minimum atomic E-state index is -3.70. The van der Waals surface area contributed by atoms with Gasteiger partial charge in [0, 0.05) is 17.6 Å². The minimum absolute atomic E-state index is 0.173. The molecule has 0 aliphatic heterocycles. The first kappa shape index (κ1) is 19.5. The van der Waals surface area contributed by atoms with Crippen molar-refractivity contribution in [3.8, 4) is 0 Å². The molecule has 0 saturated heterocycles. The number of sulfonamides is 1. The quantitative estimate of drug-likeness (QED) is 0.784. The lowest BCUT2D eigenvalue weighted by molar-refractivity contribution is -0.116. The molecule has 2 rings (SSSR count). The summed E-state index contributed by atoms with van der Waals surface area (Å²) in [6.45, 7) is 3.63. The molecule has 0 atom stereocenters. The van der Waals surface area contributed by atoms with E-state index in [1.54, 1.807) is 24.3 Å². The Hall–Kier alpha value is -1.83. The number of likely N-dealkylation sites (N-methyl/N-ethyl adjacent to an activating group) is 1. The lowest BCUT2D eigenvalue weighted by Gasteiger charge is -2.17. The van der Waals surface area contributed by atoms with Crippen molar-refractivity contribution in [2.45, 2.75) is 23.6 Å². The molecular formula is C18H22N2O3S2. The number of nitrogens with zero attached hydrogens (tertiary/aromatic N) is 1. The molecule has 0 fully saturated rings. The number of benzene rings is 2. The molecule has 0 spiro atoms. The maximum atomic E-state index is 12.6. The van der Waals surface area contributed by atoms with Gasteiger partial charge in [0.2, 0.25) is 15.9 Å². The topological polar surface area (TPSA) is 66.5 Å². The molecule has 0 aromatic heterocycles. The van der Waals surface area contributed by atoms with Crippen molar-refractivity contribution in [3.63, 3.8) is 0 Å². The summed E-state index contributed by atoms with van der Waals surface area (Å²) < 4.78 is 26.2. The fourth-order valence-electron chi connectivity index (χ4n) is 2.46. The lowest BCUT2D eigenvalue weighted by atomic mass is 10.1. The molecule has 0 radical (unpaired) electrons. The van der Waals surface area contributed by atoms with Crippen LogP contribution in [0.1, 0.15) is 11.1 Å². The van der Waals surface area contributed by atoms with Gasteiger partial charge in [-0.1, -0.05) is 6.07 Å². The number of rotatable bonds is 6. The Kier molecular flexibility index (Phi) is 6.26. The zero-order valence-electron chi connectivity index (χ0n) is 14.7. The van der Waals surface area contributed by atoms with Gasteiger partial charge in [0.15, 0.2) is 0 Å². The number of hydrogen-bond donors (Lipinski definition) is 1. The van der Waals surface area contributed by atoms with Gasteiger partial charge in [-0.25, -0.2) is 8.42 Å². The average Bonchev–Trinajstić information content (AvgIpc) is 2.53. The first-order valence-electron chi connectivity index (χ1n) is 7.71. The summed E-state index contributed by atoms with van der Waals surface area (Å²) >= 11 is 1.54. The van der Waals surface area contributed by atoms with Crippen LogP contribution in [-0.2, 0) is 14.8 Å². The van der Waals surface area contributed by atoms with E-state index in [9.17, 15) is 13.2 Å². The second kappa shape index (κ2) is 8.03. The lowest BCUT2D eigenvalue weighted by Crippen LogP contribution is -2.35. The van der Waals surface area contributed by atoms with E-state index in [0.717, 1.165) is 20.3 Å². The number of amides is 1. The molecule has 2 aromatic carbocycles. The molecule has 1 N–H and O–H groups in total. The number of hydrogen-bond acceptors (Lipinski definition) is 4. The zero-order valence-corrected chi connectivity index (χ0v) is 16.4. The predicted octanol–water partition coefficient (Wildman–Crippen LogP) is 3.28. The van der Waals surface area contributed by atoms with Crippen LogP contribution >= 0.6 is 11.8 Å². The van der Waals surface area contributed by atoms with E-state index in [1.807, 2.05) is 38.3 Å². The number of thioether (sulfide) groups is 1. The summed E-state index contributed by atoms with van der Waals surface area (Å²) in [7, 11) is -2.30. The van der Waals surface area contributed by atoms with Crippen molar-refractivity contribution in [3.05, 3.63) is 53.6 Å². The summed E-state index contributed by atoms with van der Waals surface area (Å²) in [4.78, 5) is 13.4. The fraction of sp³-hybridized carbons (Fsp3) is 0.278. The maximum absolute atomic E-state index is 12.6. The third-order valence-electron chi connectivity index (χ3n) is 3.64. The van der Waals surface area contributed by atoms with Crippen molar-refractivity contribution in [1.82, 2.24) is 4.31 Å². The Morgan fingerprint density at radius 1 is 1.08 bits per heavy atom. The van der Waals surface area contributed by atoms with Crippen LogP contribution in [0.2, 0.25) is 0 Å². The Bertz CT molecular complexity index is 842. The number of carbonyl (C=O) groups is 1. The molecule has 0 aliphatic carbocycles. The molecule has 134 valence electrons. The third-order valence-corrected chi connectivity index (χ3v) is 6.20. The summed E-state index contributed by atoms with van der Waals surface area (Å²) in [6.07, 6.45) is 1.92. The molecule has 1 amide bonds. The van der Waals surface area contributed by atoms with Gasteiger partial charge < -0.3 is 5.32 Å². The van der Waals surface area contributed by atoms with Gasteiger partial charge in [-0.2, -0.15) is 4.31 Å². The SMILES string of the molecule is CSc1ccc(S(=O)(=O)N(C)CC(=O)Nc2cc(C)cc(C)c2)cc1. The minimum Gasteiger partial charge on any atom is -0.325 e. The number of nitrogens with one attached hydrogen (secondary N) is 1. The van der Waals surface area contributed by atoms with Gasteiger partial charge in [0.1, 0.15) is 0 Å². The van der Waals surface area contributed by atoms with Crippen molar-refractivity contribution in [2.75, 3.05) is 25.2 Å². The standard InChI is InChI=1S/C18H22N2O3S2/c1-13-9-14(2)11-15(10-13)19-18(21)12-20(3)25(22,23)17-7-5-16(24-4)6-8-17/h5-11H,12H2,1-4H3,(H,19,21). The van der Waals surface area contributed by atoms with Gasteiger partial charge in [0.05, 0.1) is 11.4 Å². The van der Waals surface area contributed by atoms with Crippen LogP contribution < -0.4 is 5.32 Å². The fourth-order valence-corrected chi connectivity index (χ4v) is 4.00. The van der Waals surface area contributed by atoms with Crippen molar-refractivity contribution < 1.29 is 13.2 Å². The Morgan fingerprint density at radius 2 is 1.64 bits per heavy atom. The normalized spacial score (nSPS) is 11.6. The van der Waals surface area contributed by atoms with Gasteiger partial charge in [-0.15, -0.1) is 11.8 Å². The molecular weight excluding hydrogens is 356 g/mol. The molecule has 0 unspecified atom stereocenters. The van der Waals surface area contributed by atoms with E-state index >= 15 is 0 Å². The first-order valence-corrected chi connectivity index (χ1v) is 10.4. The summed E-state index contributed by atoms with van der Waals surface area (Å²) in [5.41, 5.74) is 2.73. The number of carbonyl (C=O) groups excluding carboxylic acids is 1. The van der Waals surface area contributed by atoms with Gasteiger partial charge in [-0.3, -0.25) is 4.79 Å². The molecule has 2 aromatic rings. The zero-order chi connectivity index (χ0) is 18.6. The van der Waals surface area contributed by atoms with Gasteiger partial charge in [0.25, 0.3) is 0 Å². The molecule has 5 nitrogen and oxygen atoms in total. The van der Waals surface area contributed by atoms with E-state index in [0.29, 0.717) is 5.69 Å². The van der Waals surface area contributed by atoms with Crippen LogP contribution in [0.4, 0.5) is 5.69 Å². The highest BCUT2D eigenvalue weighted by atomic mass is 32.2. The van der Waals surface area contributed by atoms with Crippen LogP contribution in [0.15, 0.2) is 52.3 Å². The number of aryl methyl sites for hydroxylation is 2. The molecule has 0 aliphatic rings. The Balaban J connectivity index is 2.08. The molecule has 0 heterocycles. The van der Waals surface area contributed by atoms with Crippen LogP contribution in [0.5, 0.6) is 0 Å². The predicted molar refractivity (Wildman–Crippen MR) is 103 cm³/mol. The smallest absolute Gasteiger partial charge is 0.243 e. The molecule has 7 heteroatoms. The highest BCUT2D eigenvalue weighted by Crippen LogP contribution is 2.20. The van der Waals surface area contributed by atoms with Gasteiger partial charge >= 0.3 is 0 Å². The van der Waals surface area contributed by atoms with E-state index in [-0.39, 0.29) is 17.3 Å². The van der Waals surface area contributed by atoms with Crippen LogP contribution in [0.25, 0.3) is 0 Å². The van der Waals surface area contributed by atoms with E-state index < -0.39 is 10.0 Å². The highest BCUT2D eigenvalue weighted by molar-refractivity contribution is 7.98. The van der Waals surface area contributed by atoms with E-state index in [1.165, 1.54) is 18.8 Å². The van der Waals surface area contributed by atoms with Crippen molar-refractivity contribution >= 4 is 33.4 Å². The Labute approximate surface area is 153 Å². The van der Waals surface area contributed by atoms with E-state index in [2.05, 4.69) is 5.32 Å². The van der Waals surface area contributed by atoms with Crippen LogP contribution in [0.3, 0.4) is 0 Å². The molecule has 0 saturated carbocycles. The van der Waals surface area contributed by atoms with E-state index in [4.69, 9.17) is 0 Å². The number of anilines is 1. The second-order valence-corrected chi connectivity index (χ2v) is 8.79. The van der Waals surface area contributed by atoms with Crippen molar-refractivity contribution in [2.24, 2.45) is 0 Å². The molecule has 0 bridgehead atoms. The monoisotopic (exact) mass is 378 g/mol. The largest absolute Gasteiger partial charge is 0.325 e. The third kappa shape index (κ3) is 5.07. The summed E-state index contributed by atoms with van der Waals surface area (Å²) in [5, 5.41) is 2.75. The van der Waals surface area contributed by atoms with Gasteiger partial charge in [-0.05, 0) is 67.6 Å². The summed E-state index contributed by atoms with van der Waals surface area (Å²) in [5.74, 6) is -0.378. The second-order valence-electron chi connectivity index (χ2n) is 5.86. The van der Waals surface area contributed by atoms with Crippen LogP contribution in [0, 0.1) is 13.8 Å². The maximum Gasteiger partial charge on any atom is 0.243 e. The van der Waals surface area contributed by atoms with Crippen molar-refractivity contribution in [1.29, 1.82) is 0 Å². The highest BCUT2D eigenvalue weighted by Gasteiger charge is 2.23.